The predicted octanol–water partition coefficient (Wildman–Crippen LogP) is 1.62. The molecule has 0 saturated heterocycles. The average Bonchev–Trinajstić information content (AvgIpc) is 2.91. The van der Waals surface area contributed by atoms with E-state index >= 15 is 0 Å². The molecule has 0 saturated carbocycles. The van der Waals surface area contributed by atoms with Crippen LogP contribution in [-0.2, 0) is 13.5 Å². The molecule has 0 aliphatic rings. The monoisotopic (exact) mass is 236 g/mol. The number of rotatable bonds is 5. The maximum atomic E-state index is 5.56. The third-order valence-corrected chi connectivity index (χ3v) is 3.32. The van der Waals surface area contributed by atoms with Crippen LogP contribution in [0.5, 0.6) is 0 Å². The van der Waals surface area contributed by atoms with Crippen LogP contribution in [0.3, 0.4) is 0 Å². The molecule has 2 aromatic heterocycles. The molecule has 86 valence electrons. The first-order valence-corrected chi connectivity index (χ1v) is 6.19. The molecule has 0 aromatic carbocycles. The summed E-state index contributed by atoms with van der Waals surface area (Å²) >= 11 is 1.73. The van der Waals surface area contributed by atoms with Crippen LogP contribution >= 0.6 is 11.3 Å². The highest BCUT2D eigenvalue weighted by Crippen LogP contribution is 2.17. The number of hydrogen-bond acceptors (Lipinski definition) is 4. The van der Waals surface area contributed by atoms with E-state index in [-0.39, 0.29) is 6.04 Å². The maximum Gasteiger partial charge on any atom is 0.0947 e. The Labute approximate surface area is 99.1 Å². The van der Waals surface area contributed by atoms with E-state index in [0.717, 1.165) is 18.5 Å². The lowest BCUT2D eigenvalue weighted by atomic mass is 10.1. The molecule has 16 heavy (non-hydrogen) atoms. The lowest BCUT2D eigenvalue weighted by Crippen LogP contribution is -2.28. The molecule has 1 unspecified atom stereocenters. The van der Waals surface area contributed by atoms with Crippen LogP contribution in [0.4, 0.5) is 0 Å². The fraction of sp³-hybridized carbons (Fsp3) is 0.364. The van der Waals surface area contributed by atoms with Gasteiger partial charge in [0.05, 0.1) is 18.1 Å². The summed E-state index contributed by atoms with van der Waals surface area (Å²) in [5, 5.41) is 4.27. The topological polar surface area (TPSA) is 55.9 Å². The number of aryl methyl sites for hydroxylation is 2. The predicted molar refractivity (Wildman–Crippen MR) is 65.9 cm³/mol. The minimum atomic E-state index is 0.126. The molecular weight excluding hydrogens is 220 g/mol. The van der Waals surface area contributed by atoms with E-state index in [2.05, 4.69) is 27.2 Å². The zero-order valence-electron chi connectivity index (χ0n) is 9.26. The van der Waals surface area contributed by atoms with Gasteiger partial charge in [0.1, 0.15) is 0 Å². The summed E-state index contributed by atoms with van der Waals surface area (Å²) in [6.07, 6.45) is 5.78. The maximum absolute atomic E-state index is 5.56. The number of aromatic nitrogens is 2. The van der Waals surface area contributed by atoms with Gasteiger partial charge in [-0.25, -0.2) is 4.98 Å². The van der Waals surface area contributed by atoms with Gasteiger partial charge < -0.3 is 4.57 Å². The van der Waals surface area contributed by atoms with E-state index in [1.165, 1.54) is 5.56 Å². The fourth-order valence-corrected chi connectivity index (χ4v) is 2.38. The molecule has 0 aliphatic carbocycles. The van der Waals surface area contributed by atoms with E-state index in [9.17, 15) is 0 Å². The van der Waals surface area contributed by atoms with Crippen LogP contribution in [0.1, 0.15) is 23.7 Å². The Morgan fingerprint density at radius 2 is 2.50 bits per heavy atom. The van der Waals surface area contributed by atoms with Crippen molar-refractivity contribution in [3.05, 3.63) is 40.6 Å². The summed E-state index contributed by atoms with van der Waals surface area (Å²) in [4.78, 5) is 4.31. The molecule has 2 aromatic rings. The quantitative estimate of drug-likeness (QED) is 0.612. The molecule has 5 heteroatoms. The standard InChI is InChI=1S/C11H16N4S/c1-15-6-11(13-8-15)10(14-12)3-2-9-4-5-16-7-9/h4-8,10,14H,2-3,12H2,1H3. The molecule has 0 bridgehead atoms. The molecule has 4 nitrogen and oxygen atoms in total. The third-order valence-electron chi connectivity index (χ3n) is 2.58. The molecule has 0 radical (unpaired) electrons. The highest BCUT2D eigenvalue weighted by Gasteiger charge is 2.12. The summed E-state index contributed by atoms with van der Waals surface area (Å²) in [5.74, 6) is 5.56. The van der Waals surface area contributed by atoms with Crippen molar-refractivity contribution in [3.63, 3.8) is 0 Å². The van der Waals surface area contributed by atoms with Gasteiger partial charge >= 0.3 is 0 Å². The van der Waals surface area contributed by atoms with E-state index in [4.69, 9.17) is 5.84 Å². The van der Waals surface area contributed by atoms with Crippen molar-refractivity contribution >= 4 is 11.3 Å². The van der Waals surface area contributed by atoms with E-state index in [1.807, 2.05) is 17.8 Å². The second kappa shape index (κ2) is 5.25. The Hall–Kier alpha value is -1.17. The van der Waals surface area contributed by atoms with Crippen molar-refractivity contribution in [1.82, 2.24) is 15.0 Å². The molecule has 2 rings (SSSR count). The van der Waals surface area contributed by atoms with Crippen molar-refractivity contribution in [2.75, 3.05) is 0 Å². The highest BCUT2D eigenvalue weighted by atomic mass is 32.1. The Morgan fingerprint density at radius 3 is 3.06 bits per heavy atom. The van der Waals surface area contributed by atoms with Crippen LogP contribution < -0.4 is 11.3 Å². The fourth-order valence-electron chi connectivity index (χ4n) is 1.68. The number of nitrogens with two attached hydrogens (primary N) is 1. The smallest absolute Gasteiger partial charge is 0.0947 e. The summed E-state index contributed by atoms with van der Waals surface area (Å²) in [7, 11) is 1.96. The molecule has 0 amide bonds. The van der Waals surface area contributed by atoms with Crippen molar-refractivity contribution in [2.24, 2.45) is 12.9 Å². The minimum absolute atomic E-state index is 0.126. The first-order chi connectivity index (χ1) is 7.79. The average molecular weight is 236 g/mol. The van der Waals surface area contributed by atoms with Gasteiger partial charge in [0, 0.05) is 13.2 Å². The first-order valence-electron chi connectivity index (χ1n) is 5.24. The van der Waals surface area contributed by atoms with Crippen molar-refractivity contribution in [1.29, 1.82) is 0 Å². The number of hydrazine groups is 1. The van der Waals surface area contributed by atoms with Crippen LogP contribution in [0.2, 0.25) is 0 Å². The zero-order chi connectivity index (χ0) is 11.4. The number of imidazole rings is 1. The molecule has 2 heterocycles. The van der Waals surface area contributed by atoms with E-state index in [1.54, 1.807) is 17.7 Å². The Bertz CT molecular complexity index is 421. The number of thiophene rings is 1. The number of nitrogens with zero attached hydrogens (tertiary/aromatic N) is 2. The van der Waals surface area contributed by atoms with Gasteiger partial charge in [-0.1, -0.05) is 0 Å². The van der Waals surface area contributed by atoms with Gasteiger partial charge in [0.2, 0.25) is 0 Å². The van der Waals surface area contributed by atoms with Gasteiger partial charge in [-0.2, -0.15) is 11.3 Å². The van der Waals surface area contributed by atoms with Crippen LogP contribution in [0, 0.1) is 0 Å². The highest BCUT2D eigenvalue weighted by molar-refractivity contribution is 7.07. The van der Waals surface area contributed by atoms with E-state index < -0.39 is 0 Å². The van der Waals surface area contributed by atoms with Crippen LogP contribution in [-0.4, -0.2) is 9.55 Å². The third kappa shape index (κ3) is 2.69. The molecule has 0 spiro atoms. The van der Waals surface area contributed by atoms with Gasteiger partial charge in [-0.15, -0.1) is 0 Å². The van der Waals surface area contributed by atoms with E-state index in [0.29, 0.717) is 0 Å². The van der Waals surface area contributed by atoms with Crippen molar-refractivity contribution in [3.8, 4) is 0 Å². The van der Waals surface area contributed by atoms with Gasteiger partial charge in [-0.3, -0.25) is 11.3 Å². The Kier molecular flexibility index (Phi) is 3.71. The second-order valence-electron chi connectivity index (χ2n) is 3.85. The minimum Gasteiger partial charge on any atom is -0.340 e. The van der Waals surface area contributed by atoms with Crippen LogP contribution in [0.15, 0.2) is 29.4 Å². The second-order valence-corrected chi connectivity index (χ2v) is 4.63. The van der Waals surface area contributed by atoms with Gasteiger partial charge in [0.15, 0.2) is 0 Å². The molecule has 3 N–H and O–H groups in total. The molecule has 0 aliphatic heterocycles. The summed E-state index contributed by atoms with van der Waals surface area (Å²) in [5.41, 5.74) is 5.18. The van der Waals surface area contributed by atoms with Gasteiger partial charge in [-0.05, 0) is 35.2 Å². The van der Waals surface area contributed by atoms with Crippen molar-refractivity contribution < 1.29 is 0 Å². The summed E-state index contributed by atoms with van der Waals surface area (Å²) in [6, 6.07) is 2.28. The summed E-state index contributed by atoms with van der Waals surface area (Å²) < 4.78 is 1.93. The van der Waals surface area contributed by atoms with Crippen LogP contribution in [0.25, 0.3) is 0 Å². The first kappa shape index (κ1) is 11.3. The number of nitrogens with one attached hydrogen (secondary N) is 1. The largest absolute Gasteiger partial charge is 0.340 e. The lowest BCUT2D eigenvalue weighted by molar-refractivity contribution is 0.506. The molecule has 1 atom stereocenters. The normalized spacial score (nSPS) is 12.9. The number of hydrogen-bond donors (Lipinski definition) is 2. The SMILES string of the molecule is Cn1cnc(C(CCc2ccsc2)NN)c1. The van der Waals surface area contributed by atoms with Gasteiger partial charge in [0.25, 0.3) is 0 Å². The summed E-state index contributed by atoms with van der Waals surface area (Å²) in [6.45, 7) is 0. The molecular formula is C11H16N4S. The Morgan fingerprint density at radius 1 is 1.62 bits per heavy atom. The molecule has 0 fully saturated rings. The Balaban J connectivity index is 1.96. The van der Waals surface area contributed by atoms with Crippen molar-refractivity contribution in [2.45, 2.75) is 18.9 Å². The zero-order valence-corrected chi connectivity index (χ0v) is 10.1. The lowest BCUT2D eigenvalue weighted by Gasteiger charge is -2.12.